The summed E-state index contributed by atoms with van der Waals surface area (Å²) in [5, 5.41) is 13.3. The van der Waals surface area contributed by atoms with Gasteiger partial charge in [0.25, 0.3) is 0 Å². The summed E-state index contributed by atoms with van der Waals surface area (Å²) in [6.45, 7) is 7.10. The van der Waals surface area contributed by atoms with E-state index in [1.165, 1.54) is 25.1 Å². The third-order valence-electron chi connectivity index (χ3n) is 3.84. The number of aliphatic hydroxyl groups is 1. The van der Waals surface area contributed by atoms with Crippen LogP contribution in [-0.4, -0.2) is 42.7 Å². The summed E-state index contributed by atoms with van der Waals surface area (Å²) in [6.07, 6.45) is 0.664. The zero-order valence-corrected chi connectivity index (χ0v) is 11.5. The second-order valence-electron chi connectivity index (χ2n) is 5.27. The van der Waals surface area contributed by atoms with Gasteiger partial charge in [0.05, 0.1) is 6.10 Å². The number of hydrogen-bond acceptors (Lipinski definition) is 3. The Hall–Kier alpha value is -0.970. The van der Waals surface area contributed by atoms with Gasteiger partial charge < -0.3 is 15.3 Å². The Balaban J connectivity index is 1.69. The van der Waals surface area contributed by atoms with E-state index in [-0.39, 0.29) is 5.82 Å². The minimum absolute atomic E-state index is 0.269. The fraction of sp³-hybridized carbons (Fsp3) is 0.600. The van der Waals surface area contributed by atoms with E-state index in [4.69, 9.17) is 0 Å². The minimum atomic E-state index is -0.565. The van der Waals surface area contributed by atoms with Gasteiger partial charge in [0.2, 0.25) is 0 Å². The van der Waals surface area contributed by atoms with Crippen molar-refractivity contribution in [2.45, 2.75) is 19.4 Å². The third-order valence-corrected chi connectivity index (χ3v) is 3.84. The standard InChI is InChI=1S/C15H23FN2O/c1-2-18-8-7-12(11-18)9-17-10-15(19)13-3-5-14(16)6-4-13/h3-6,12,15,17,19H,2,7-11H2,1H3. The van der Waals surface area contributed by atoms with E-state index >= 15 is 0 Å². The Morgan fingerprint density at radius 1 is 1.42 bits per heavy atom. The van der Waals surface area contributed by atoms with Crippen LogP contribution in [0.1, 0.15) is 25.0 Å². The first-order valence-electron chi connectivity index (χ1n) is 7.05. The summed E-state index contributed by atoms with van der Waals surface area (Å²) in [5.41, 5.74) is 0.760. The molecule has 1 aliphatic heterocycles. The molecule has 0 radical (unpaired) electrons. The van der Waals surface area contributed by atoms with Gasteiger partial charge >= 0.3 is 0 Å². The Bertz CT molecular complexity index is 382. The van der Waals surface area contributed by atoms with Crippen LogP contribution in [0.3, 0.4) is 0 Å². The second kappa shape index (κ2) is 6.98. The molecule has 4 heteroatoms. The number of nitrogens with one attached hydrogen (secondary N) is 1. The maximum absolute atomic E-state index is 12.8. The molecule has 1 fully saturated rings. The van der Waals surface area contributed by atoms with Gasteiger partial charge in [-0.3, -0.25) is 0 Å². The van der Waals surface area contributed by atoms with Gasteiger partial charge in [0.15, 0.2) is 0 Å². The number of benzene rings is 1. The predicted octanol–water partition coefficient (Wildman–Crippen LogP) is 1.79. The lowest BCUT2D eigenvalue weighted by Crippen LogP contribution is -2.29. The highest BCUT2D eigenvalue weighted by Crippen LogP contribution is 2.16. The van der Waals surface area contributed by atoms with Crippen molar-refractivity contribution in [1.82, 2.24) is 10.2 Å². The van der Waals surface area contributed by atoms with Crippen molar-refractivity contribution >= 4 is 0 Å². The molecule has 0 aliphatic carbocycles. The molecule has 2 N–H and O–H groups in total. The molecule has 0 spiro atoms. The van der Waals surface area contributed by atoms with E-state index in [0.717, 1.165) is 25.2 Å². The van der Waals surface area contributed by atoms with Crippen molar-refractivity contribution < 1.29 is 9.50 Å². The summed E-state index contributed by atoms with van der Waals surface area (Å²) in [6, 6.07) is 6.04. The average molecular weight is 266 g/mol. The molecular weight excluding hydrogens is 243 g/mol. The third kappa shape index (κ3) is 4.27. The van der Waals surface area contributed by atoms with E-state index in [9.17, 15) is 9.50 Å². The number of likely N-dealkylation sites (tertiary alicyclic amines) is 1. The Kier molecular flexibility index (Phi) is 5.31. The van der Waals surface area contributed by atoms with Gasteiger partial charge in [-0.1, -0.05) is 19.1 Å². The van der Waals surface area contributed by atoms with E-state index in [1.54, 1.807) is 12.1 Å². The number of nitrogens with zero attached hydrogens (tertiary/aromatic N) is 1. The van der Waals surface area contributed by atoms with Crippen LogP contribution in [0.25, 0.3) is 0 Å². The predicted molar refractivity (Wildman–Crippen MR) is 74.5 cm³/mol. The average Bonchev–Trinajstić information content (AvgIpc) is 2.87. The van der Waals surface area contributed by atoms with Gasteiger partial charge in [-0.15, -0.1) is 0 Å². The van der Waals surface area contributed by atoms with Crippen LogP contribution in [0.15, 0.2) is 24.3 Å². The number of aliphatic hydroxyl groups excluding tert-OH is 1. The summed E-state index contributed by atoms with van der Waals surface area (Å²) < 4.78 is 12.8. The minimum Gasteiger partial charge on any atom is -0.387 e. The molecule has 1 saturated heterocycles. The van der Waals surface area contributed by atoms with Crippen LogP contribution in [0, 0.1) is 11.7 Å². The van der Waals surface area contributed by atoms with Gasteiger partial charge in [-0.05, 0) is 49.7 Å². The molecule has 2 rings (SSSR count). The zero-order valence-electron chi connectivity index (χ0n) is 11.5. The van der Waals surface area contributed by atoms with Crippen molar-refractivity contribution in [1.29, 1.82) is 0 Å². The largest absolute Gasteiger partial charge is 0.387 e. The lowest BCUT2D eigenvalue weighted by Gasteiger charge is -2.16. The SMILES string of the molecule is CCN1CCC(CNCC(O)c2ccc(F)cc2)C1. The highest BCUT2D eigenvalue weighted by Gasteiger charge is 2.20. The normalized spacial score (nSPS) is 21.7. The Morgan fingerprint density at radius 2 is 2.16 bits per heavy atom. The zero-order chi connectivity index (χ0) is 13.7. The quantitative estimate of drug-likeness (QED) is 0.824. The maximum Gasteiger partial charge on any atom is 0.123 e. The van der Waals surface area contributed by atoms with Crippen molar-refractivity contribution in [2.24, 2.45) is 5.92 Å². The lowest BCUT2D eigenvalue weighted by atomic mass is 10.1. The summed E-state index contributed by atoms with van der Waals surface area (Å²) in [4.78, 5) is 2.45. The molecule has 0 saturated carbocycles. The molecule has 106 valence electrons. The van der Waals surface area contributed by atoms with Crippen LogP contribution in [0.5, 0.6) is 0 Å². The van der Waals surface area contributed by atoms with Crippen molar-refractivity contribution in [3.05, 3.63) is 35.6 Å². The molecule has 2 unspecified atom stereocenters. The number of hydrogen-bond donors (Lipinski definition) is 2. The molecule has 0 aromatic heterocycles. The van der Waals surface area contributed by atoms with E-state index in [2.05, 4.69) is 17.1 Å². The van der Waals surface area contributed by atoms with Crippen molar-refractivity contribution in [3.63, 3.8) is 0 Å². The van der Waals surface area contributed by atoms with Crippen molar-refractivity contribution in [2.75, 3.05) is 32.7 Å². The fourth-order valence-electron chi connectivity index (χ4n) is 2.59. The topological polar surface area (TPSA) is 35.5 Å². The molecule has 19 heavy (non-hydrogen) atoms. The maximum atomic E-state index is 12.8. The highest BCUT2D eigenvalue weighted by molar-refractivity contribution is 5.18. The summed E-state index contributed by atoms with van der Waals surface area (Å²) in [5.74, 6) is 0.412. The molecule has 3 nitrogen and oxygen atoms in total. The molecule has 1 aromatic rings. The molecule has 2 atom stereocenters. The molecule has 0 amide bonds. The Labute approximate surface area is 114 Å². The summed E-state index contributed by atoms with van der Waals surface area (Å²) >= 11 is 0. The van der Waals surface area contributed by atoms with Crippen LogP contribution in [0.2, 0.25) is 0 Å². The van der Waals surface area contributed by atoms with Crippen LogP contribution >= 0.6 is 0 Å². The summed E-state index contributed by atoms with van der Waals surface area (Å²) in [7, 11) is 0. The van der Waals surface area contributed by atoms with Crippen LogP contribution in [-0.2, 0) is 0 Å². The second-order valence-corrected chi connectivity index (χ2v) is 5.27. The first-order valence-corrected chi connectivity index (χ1v) is 7.05. The number of rotatable bonds is 6. The smallest absolute Gasteiger partial charge is 0.123 e. The van der Waals surface area contributed by atoms with Crippen LogP contribution in [0.4, 0.5) is 4.39 Å². The monoisotopic (exact) mass is 266 g/mol. The Morgan fingerprint density at radius 3 is 2.79 bits per heavy atom. The van der Waals surface area contributed by atoms with Crippen molar-refractivity contribution in [3.8, 4) is 0 Å². The van der Waals surface area contributed by atoms with Gasteiger partial charge in [-0.2, -0.15) is 0 Å². The van der Waals surface area contributed by atoms with Gasteiger partial charge in [0.1, 0.15) is 5.82 Å². The first kappa shape index (κ1) is 14.4. The van der Waals surface area contributed by atoms with Gasteiger partial charge in [0, 0.05) is 13.1 Å². The van der Waals surface area contributed by atoms with Crippen LogP contribution < -0.4 is 5.32 Å². The first-order chi connectivity index (χ1) is 9.19. The molecule has 0 bridgehead atoms. The van der Waals surface area contributed by atoms with Gasteiger partial charge in [-0.25, -0.2) is 4.39 Å². The fourth-order valence-corrected chi connectivity index (χ4v) is 2.59. The number of halogens is 1. The molecular formula is C15H23FN2O. The molecule has 1 heterocycles. The highest BCUT2D eigenvalue weighted by atomic mass is 19.1. The molecule has 1 aromatic carbocycles. The lowest BCUT2D eigenvalue weighted by molar-refractivity contribution is 0.172. The molecule has 1 aliphatic rings. The van der Waals surface area contributed by atoms with E-state index in [1.807, 2.05) is 0 Å². The van der Waals surface area contributed by atoms with E-state index < -0.39 is 6.10 Å². The van der Waals surface area contributed by atoms with E-state index in [0.29, 0.717) is 12.5 Å².